The molecule has 0 aromatic carbocycles. The zero-order valence-electron chi connectivity index (χ0n) is 11.0. The van der Waals surface area contributed by atoms with Gasteiger partial charge in [-0.15, -0.1) is 0 Å². The Kier molecular flexibility index (Phi) is 3.77. The monoisotopic (exact) mass is 265 g/mol. The van der Waals surface area contributed by atoms with Crippen LogP contribution >= 0.6 is 0 Å². The third-order valence-corrected chi connectivity index (χ3v) is 4.08. The van der Waals surface area contributed by atoms with Gasteiger partial charge in [-0.3, -0.25) is 4.79 Å². The van der Waals surface area contributed by atoms with Crippen molar-refractivity contribution in [3.8, 4) is 0 Å². The highest BCUT2D eigenvalue weighted by molar-refractivity contribution is 5.76. The molecule has 3 rings (SSSR count). The molecule has 2 saturated heterocycles. The maximum absolute atomic E-state index is 12.2. The molecule has 2 aliphatic rings. The van der Waals surface area contributed by atoms with Gasteiger partial charge >= 0.3 is 0 Å². The van der Waals surface area contributed by atoms with E-state index in [1.807, 2.05) is 4.90 Å². The Hall–Kier alpha value is -1.43. The minimum Gasteiger partial charge on any atom is -0.381 e. The fourth-order valence-electron chi connectivity index (χ4n) is 2.87. The molecule has 1 aromatic heterocycles. The molecule has 0 radical (unpaired) electrons. The first-order chi connectivity index (χ1) is 9.33. The van der Waals surface area contributed by atoms with Crippen LogP contribution in [0.3, 0.4) is 0 Å². The molecule has 2 fully saturated rings. The molecule has 0 aliphatic carbocycles. The average Bonchev–Trinajstić information content (AvgIpc) is 3.12. The van der Waals surface area contributed by atoms with Gasteiger partial charge < -0.3 is 14.2 Å². The molecule has 104 valence electrons. The van der Waals surface area contributed by atoms with E-state index in [-0.39, 0.29) is 5.91 Å². The van der Waals surface area contributed by atoms with E-state index >= 15 is 0 Å². The van der Waals surface area contributed by atoms with Crippen LogP contribution in [0.25, 0.3) is 0 Å². The van der Waals surface area contributed by atoms with Crippen molar-refractivity contribution in [1.29, 1.82) is 0 Å². The first-order valence-electron chi connectivity index (χ1n) is 6.94. The van der Waals surface area contributed by atoms with Crippen molar-refractivity contribution in [1.82, 2.24) is 15.0 Å². The number of likely N-dealkylation sites (tertiary alicyclic amines) is 1. The summed E-state index contributed by atoms with van der Waals surface area (Å²) >= 11 is 0. The summed E-state index contributed by atoms with van der Waals surface area (Å²) in [5.41, 5.74) is 0. The summed E-state index contributed by atoms with van der Waals surface area (Å²) < 4.78 is 10.1. The van der Waals surface area contributed by atoms with Crippen LogP contribution in [0.15, 0.2) is 10.9 Å². The Bertz CT molecular complexity index is 407. The first kappa shape index (κ1) is 12.6. The second-order valence-corrected chi connectivity index (χ2v) is 5.38. The summed E-state index contributed by atoms with van der Waals surface area (Å²) in [6.45, 7) is 3.14. The molecule has 2 aliphatic heterocycles. The predicted molar refractivity (Wildman–Crippen MR) is 66.4 cm³/mol. The van der Waals surface area contributed by atoms with Crippen LogP contribution in [0.5, 0.6) is 0 Å². The van der Waals surface area contributed by atoms with Gasteiger partial charge in [0.25, 0.3) is 0 Å². The average molecular weight is 265 g/mol. The number of carbonyl (C=O) groups is 1. The van der Waals surface area contributed by atoms with Gasteiger partial charge in [0.1, 0.15) is 0 Å². The van der Waals surface area contributed by atoms with Gasteiger partial charge in [-0.2, -0.15) is 4.98 Å². The molecule has 0 N–H and O–H groups in total. The molecule has 1 aromatic rings. The number of amides is 1. The molecule has 19 heavy (non-hydrogen) atoms. The number of hydrogen-bond acceptors (Lipinski definition) is 5. The van der Waals surface area contributed by atoms with Crippen molar-refractivity contribution < 1.29 is 14.1 Å². The maximum Gasteiger partial charge on any atom is 0.222 e. The summed E-state index contributed by atoms with van der Waals surface area (Å²) in [6, 6.07) is 0. The van der Waals surface area contributed by atoms with E-state index in [9.17, 15) is 4.79 Å². The SMILES string of the molecule is O=C(CC1CCOC1)N1CCC(c2ncon2)CC1. The molecule has 3 heterocycles. The van der Waals surface area contributed by atoms with Crippen molar-refractivity contribution in [2.45, 2.75) is 31.6 Å². The van der Waals surface area contributed by atoms with E-state index in [1.165, 1.54) is 6.39 Å². The van der Waals surface area contributed by atoms with E-state index in [0.717, 1.165) is 51.4 Å². The lowest BCUT2D eigenvalue weighted by Crippen LogP contribution is -2.38. The van der Waals surface area contributed by atoms with Gasteiger partial charge in [-0.25, -0.2) is 0 Å². The number of carbonyl (C=O) groups excluding carboxylic acids is 1. The van der Waals surface area contributed by atoms with Crippen molar-refractivity contribution in [2.75, 3.05) is 26.3 Å². The Morgan fingerprint density at radius 2 is 2.21 bits per heavy atom. The van der Waals surface area contributed by atoms with E-state index in [1.54, 1.807) is 0 Å². The largest absolute Gasteiger partial charge is 0.381 e. The van der Waals surface area contributed by atoms with Gasteiger partial charge in [-0.1, -0.05) is 5.16 Å². The molecule has 0 spiro atoms. The van der Waals surface area contributed by atoms with E-state index < -0.39 is 0 Å². The summed E-state index contributed by atoms with van der Waals surface area (Å²) in [4.78, 5) is 18.2. The quantitative estimate of drug-likeness (QED) is 0.821. The Balaban J connectivity index is 1.48. The third kappa shape index (κ3) is 2.94. The number of hydrogen-bond donors (Lipinski definition) is 0. The second-order valence-electron chi connectivity index (χ2n) is 5.38. The fraction of sp³-hybridized carbons (Fsp3) is 0.769. The standard InChI is InChI=1S/C13H19N3O3/c17-12(7-10-3-6-18-8-10)16-4-1-11(2-5-16)13-14-9-19-15-13/h9-11H,1-8H2. The zero-order chi connectivity index (χ0) is 13.1. The lowest BCUT2D eigenvalue weighted by Gasteiger charge is -2.31. The lowest BCUT2D eigenvalue weighted by atomic mass is 9.95. The molecule has 1 amide bonds. The van der Waals surface area contributed by atoms with Crippen LogP contribution in [0.2, 0.25) is 0 Å². The minimum atomic E-state index is 0.266. The van der Waals surface area contributed by atoms with Crippen molar-refractivity contribution in [3.05, 3.63) is 12.2 Å². The van der Waals surface area contributed by atoms with Crippen LogP contribution in [0.4, 0.5) is 0 Å². The Labute approximate surface area is 112 Å². The van der Waals surface area contributed by atoms with Crippen LogP contribution < -0.4 is 0 Å². The highest BCUT2D eigenvalue weighted by atomic mass is 16.5. The zero-order valence-corrected chi connectivity index (χ0v) is 11.0. The van der Waals surface area contributed by atoms with Crippen LogP contribution in [0, 0.1) is 5.92 Å². The lowest BCUT2D eigenvalue weighted by molar-refractivity contribution is -0.133. The van der Waals surface area contributed by atoms with Crippen LogP contribution in [0.1, 0.15) is 37.4 Å². The summed E-state index contributed by atoms with van der Waals surface area (Å²) in [7, 11) is 0. The maximum atomic E-state index is 12.2. The minimum absolute atomic E-state index is 0.266. The highest BCUT2D eigenvalue weighted by Crippen LogP contribution is 2.26. The normalized spacial score (nSPS) is 24.8. The summed E-state index contributed by atoms with van der Waals surface area (Å²) in [5.74, 6) is 1.79. The molecule has 0 saturated carbocycles. The van der Waals surface area contributed by atoms with E-state index in [2.05, 4.69) is 10.1 Å². The number of ether oxygens (including phenoxy) is 1. The fourth-order valence-corrected chi connectivity index (χ4v) is 2.87. The first-order valence-corrected chi connectivity index (χ1v) is 6.94. The molecule has 0 bridgehead atoms. The summed E-state index contributed by atoms with van der Waals surface area (Å²) in [5, 5.41) is 3.89. The molecule has 1 atom stereocenters. The van der Waals surface area contributed by atoms with Crippen molar-refractivity contribution >= 4 is 5.91 Å². The molecule has 6 heteroatoms. The molecular formula is C13H19N3O3. The molecule has 6 nitrogen and oxygen atoms in total. The number of rotatable bonds is 3. The number of piperidine rings is 1. The molecule has 1 unspecified atom stereocenters. The van der Waals surface area contributed by atoms with Crippen LogP contribution in [-0.2, 0) is 9.53 Å². The Morgan fingerprint density at radius 1 is 1.37 bits per heavy atom. The van der Waals surface area contributed by atoms with Crippen molar-refractivity contribution in [2.24, 2.45) is 5.92 Å². The smallest absolute Gasteiger partial charge is 0.222 e. The molecular weight excluding hydrogens is 246 g/mol. The van der Waals surface area contributed by atoms with Gasteiger partial charge in [-0.05, 0) is 25.2 Å². The van der Waals surface area contributed by atoms with Gasteiger partial charge in [0.15, 0.2) is 5.82 Å². The number of nitrogens with zero attached hydrogens (tertiary/aromatic N) is 3. The van der Waals surface area contributed by atoms with E-state index in [0.29, 0.717) is 18.3 Å². The Morgan fingerprint density at radius 3 is 2.84 bits per heavy atom. The number of aromatic nitrogens is 2. The topological polar surface area (TPSA) is 68.5 Å². The van der Waals surface area contributed by atoms with Gasteiger partial charge in [0, 0.05) is 38.6 Å². The van der Waals surface area contributed by atoms with E-state index in [4.69, 9.17) is 9.26 Å². The third-order valence-electron chi connectivity index (χ3n) is 4.08. The second kappa shape index (κ2) is 5.69. The van der Waals surface area contributed by atoms with Gasteiger partial charge in [0.2, 0.25) is 12.3 Å². The predicted octanol–water partition coefficient (Wildman–Crippen LogP) is 1.20. The van der Waals surface area contributed by atoms with Gasteiger partial charge in [0.05, 0.1) is 0 Å². The van der Waals surface area contributed by atoms with Crippen LogP contribution in [-0.4, -0.2) is 47.3 Å². The van der Waals surface area contributed by atoms with Crippen molar-refractivity contribution in [3.63, 3.8) is 0 Å². The highest BCUT2D eigenvalue weighted by Gasteiger charge is 2.28. The summed E-state index contributed by atoms with van der Waals surface area (Å²) in [6.07, 6.45) is 4.86.